The number of hydrogen-bond donors (Lipinski definition) is 1. The highest BCUT2D eigenvalue weighted by Crippen LogP contribution is 2.33. The zero-order valence-electron chi connectivity index (χ0n) is 26.5. The third-order valence-electron chi connectivity index (χ3n) is 7.29. The van der Waals surface area contributed by atoms with Gasteiger partial charge in [0, 0.05) is 29.2 Å². The number of ether oxygens (including phenoxy) is 2. The monoisotopic (exact) mass is 677 g/mol. The van der Waals surface area contributed by atoms with Crippen LogP contribution >= 0.6 is 23.2 Å². The first-order chi connectivity index (χ1) is 21.4. The lowest BCUT2D eigenvalue weighted by molar-refractivity contribution is -0.140. The van der Waals surface area contributed by atoms with E-state index in [2.05, 4.69) is 5.32 Å². The Balaban J connectivity index is 2.14. The van der Waals surface area contributed by atoms with Crippen molar-refractivity contribution in [3.05, 3.63) is 81.3 Å². The molecule has 0 spiro atoms. The minimum absolute atomic E-state index is 0.0361. The van der Waals surface area contributed by atoms with Gasteiger partial charge in [0.25, 0.3) is 10.0 Å². The SMILES string of the molecule is CCCCNC(=O)[C@@H](CC)N(Cc1ccc(Cl)cc1Cl)C(=O)CN(c1cc(C)cc(C)c1)S(=O)(=O)c1ccc(OC)c(OC)c1. The smallest absolute Gasteiger partial charge is 0.264 e. The average Bonchev–Trinajstić information content (AvgIpc) is 2.99. The average molecular weight is 679 g/mol. The van der Waals surface area contributed by atoms with Gasteiger partial charge in [-0.05, 0) is 79.8 Å². The summed E-state index contributed by atoms with van der Waals surface area (Å²) in [4.78, 5) is 29.0. The molecule has 12 heteroatoms. The van der Waals surface area contributed by atoms with Gasteiger partial charge in [0.2, 0.25) is 11.8 Å². The van der Waals surface area contributed by atoms with Crippen molar-refractivity contribution >= 4 is 50.7 Å². The number of rotatable bonds is 15. The largest absolute Gasteiger partial charge is 0.493 e. The van der Waals surface area contributed by atoms with Crippen molar-refractivity contribution in [2.45, 2.75) is 64.4 Å². The molecule has 45 heavy (non-hydrogen) atoms. The molecule has 0 bridgehead atoms. The van der Waals surface area contributed by atoms with Gasteiger partial charge in [0.1, 0.15) is 12.6 Å². The van der Waals surface area contributed by atoms with Crippen LogP contribution in [0, 0.1) is 13.8 Å². The zero-order chi connectivity index (χ0) is 33.3. The third-order valence-corrected chi connectivity index (χ3v) is 9.64. The molecule has 3 rings (SSSR count). The fourth-order valence-corrected chi connectivity index (χ4v) is 6.87. The molecule has 0 saturated carbocycles. The van der Waals surface area contributed by atoms with E-state index < -0.39 is 28.5 Å². The number of anilines is 1. The number of sulfonamides is 1. The number of carbonyl (C=O) groups is 2. The summed E-state index contributed by atoms with van der Waals surface area (Å²) in [6.07, 6.45) is 1.96. The van der Waals surface area contributed by atoms with Crippen LogP contribution in [0.2, 0.25) is 10.0 Å². The fourth-order valence-electron chi connectivity index (χ4n) is 4.99. The zero-order valence-corrected chi connectivity index (χ0v) is 28.9. The number of hydrogen-bond acceptors (Lipinski definition) is 6. The summed E-state index contributed by atoms with van der Waals surface area (Å²) in [6.45, 7) is 7.36. The molecule has 9 nitrogen and oxygen atoms in total. The number of benzene rings is 3. The van der Waals surface area contributed by atoms with Gasteiger partial charge in [-0.1, -0.05) is 55.6 Å². The normalized spacial score (nSPS) is 11.9. The van der Waals surface area contributed by atoms with E-state index in [1.54, 1.807) is 37.3 Å². The molecule has 0 aliphatic carbocycles. The lowest BCUT2D eigenvalue weighted by atomic mass is 10.1. The fraction of sp³-hybridized carbons (Fsp3) is 0.394. The number of halogens is 2. The number of methoxy groups -OCH3 is 2. The summed E-state index contributed by atoms with van der Waals surface area (Å²) in [5.41, 5.74) is 2.50. The molecule has 3 aromatic rings. The molecule has 0 fully saturated rings. The van der Waals surface area contributed by atoms with Crippen molar-refractivity contribution in [1.82, 2.24) is 10.2 Å². The Morgan fingerprint density at radius 1 is 0.911 bits per heavy atom. The van der Waals surface area contributed by atoms with Crippen molar-refractivity contribution in [3.63, 3.8) is 0 Å². The summed E-state index contributed by atoms with van der Waals surface area (Å²) < 4.78 is 40.4. The Morgan fingerprint density at radius 2 is 1.58 bits per heavy atom. The maximum Gasteiger partial charge on any atom is 0.264 e. The minimum Gasteiger partial charge on any atom is -0.493 e. The second-order valence-corrected chi connectivity index (χ2v) is 13.4. The van der Waals surface area contributed by atoms with E-state index in [0.29, 0.717) is 40.0 Å². The van der Waals surface area contributed by atoms with Crippen LogP contribution in [0.15, 0.2) is 59.5 Å². The van der Waals surface area contributed by atoms with E-state index in [4.69, 9.17) is 32.7 Å². The molecule has 0 aliphatic heterocycles. The van der Waals surface area contributed by atoms with Gasteiger partial charge in [0.05, 0.1) is 24.8 Å². The van der Waals surface area contributed by atoms with E-state index in [9.17, 15) is 18.0 Å². The highest BCUT2D eigenvalue weighted by Gasteiger charge is 2.34. The van der Waals surface area contributed by atoms with Crippen LogP contribution in [0.4, 0.5) is 5.69 Å². The van der Waals surface area contributed by atoms with Gasteiger partial charge >= 0.3 is 0 Å². The van der Waals surface area contributed by atoms with Crippen molar-refractivity contribution in [3.8, 4) is 11.5 Å². The summed E-state index contributed by atoms with van der Waals surface area (Å²) in [7, 11) is -1.46. The van der Waals surface area contributed by atoms with E-state index in [-0.39, 0.29) is 23.1 Å². The van der Waals surface area contributed by atoms with Gasteiger partial charge in [-0.25, -0.2) is 8.42 Å². The van der Waals surface area contributed by atoms with E-state index in [0.717, 1.165) is 28.3 Å². The number of amides is 2. The molecular weight excluding hydrogens is 637 g/mol. The lowest BCUT2D eigenvalue weighted by Crippen LogP contribution is -2.52. The Morgan fingerprint density at radius 3 is 2.16 bits per heavy atom. The molecule has 0 radical (unpaired) electrons. The summed E-state index contributed by atoms with van der Waals surface area (Å²) in [5.74, 6) is -0.331. The molecule has 0 aliphatic rings. The van der Waals surface area contributed by atoms with E-state index in [1.807, 2.05) is 26.8 Å². The molecule has 3 aromatic carbocycles. The van der Waals surface area contributed by atoms with Crippen LogP contribution in [-0.2, 0) is 26.2 Å². The second-order valence-electron chi connectivity index (χ2n) is 10.7. The number of nitrogens with one attached hydrogen (secondary N) is 1. The molecule has 1 atom stereocenters. The summed E-state index contributed by atoms with van der Waals surface area (Å²) in [6, 6.07) is 13.6. The van der Waals surface area contributed by atoms with Crippen molar-refractivity contribution in [2.24, 2.45) is 0 Å². The molecule has 1 N–H and O–H groups in total. The lowest BCUT2D eigenvalue weighted by Gasteiger charge is -2.33. The van der Waals surface area contributed by atoms with Crippen LogP contribution in [0.1, 0.15) is 49.8 Å². The highest BCUT2D eigenvalue weighted by atomic mass is 35.5. The summed E-state index contributed by atoms with van der Waals surface area (Å²) in [5, 5.41) is 3.66. The maximum atomic E-state index is 14.3. The first-order valence-corrected chi connectivity index (χ1v) is 16.9. The number of nitrogens with zero attached hydrogens (tertiary/aromatic N) is 2. The van der Waals surface area contributed by atoms with E-state index >= 15 is 0 Å². The van der Waals surface area contributed by atoms with Crippen LogP contribution in [-0.4, -0.2) is 58.5 Å². The first-order valence-electron chi connectivity index (χ1n) is 14.7. The summed E-state index contributed by atoms with van der Waals surface area (Å²) >= 11 is 12.6. The number of carbonyl (C=O) groups excluding carboxylic acids is 2. The topological polar surface area (TPSA) is 105 Å². The van der Waals surface area contributed by atoms with Crippen LogP contribution in [0.25, 0.3) is 0 Å². The highest BCUT2D eigenvalue weighted by molar-refractivity contribution is 7.92. The predicted molar refractivity (Wildman–Crippen MR) is 179 cm³/mol. The molecule has 0 aromatic heterocycles. The maximum absolute atomic E-state index is 14.3. The van der Waals surface area contributed by atoms with Crippen molar-refractivity contribution < 1.29 is 27.5 Å². The molecule has 0 saturated heterocycles. The Labute approximate surface area is 276 Å². The third kappa shape index (κ3) is 9.05. The van der Waals surface area contributed by atoms with Gasteiger partial charge in [-0.15, -0.1) is 0 Å². The Kier molecular flexibility index (Phi) is 13.0. The number of aryl methyl sites for hydroxylation is 2. The molecule has 244 valence electrons. The Bertz CT molecular complexity index is 1600. The van der Waals surface area contributed by atoms with Crippen LogP contribution < -0.4 is 19.1 Å². The van der Waals surface area contributed by atoms with Crippen LogP contribution in [0.3, 0.4) is 0 Å². The molecule has 2 amide bonds. The predicted octanol–water partition coefficient (Wildman–Crippen LogP) is 6.55. The van der Waals surface area contributed by atoms with Gasteiger partial charge < -0.3 is 19.7 Å². The minimum atomic E-state index is -4.32. The van der Waals surface area contributed by atoms with Crippen molar-refractivity contribution in [1.29, 1.82) is 0 Å². The number of unbranched alkanes of at least 4 members (excludes halogenated alkanes) is 1. The quantitative estimate of drug-likeness (QED) is 0.183. The molecular formula is C33H41Cl2N3O6S. The van der Waals surface area contributed by atoms with Crippen molar-refractivity contribution in [2.75, 3.05) is 31.6 Å². The Hall–Kier alpha value is -3.47. The van der Waals surface area contributed by atoms with E-state index in [1.165, 1.54) is 37.3 Å². The van der Waals surface area contributed by atoms with Gasteiger partial charge in [0.15, 0.2) is 11.5 Å². The first kappa shape index (κ1) is 36.0. The van der Waals surface area contributed by atoms with Gasteiger partial charge in [-0.2, -0.15) is 0 Å². The second kappa shape index (κ2) is 16.2. The van der Waals surface area contributed by atoms with Crippen LogP contribution in [0.5, 0.6) is 11.5 Å². The standard InChI is InChI=1S/C33H41Cl2N3O6S/c1-7-9-14-36-33(40)29(8-2)37(20-24-10-11-25(34)18-28(24)35)32(39)21-38(26-16-22(3)15-23(4)17-26)45(41,42)27-12-13-30(43-5)31(19-27)44-6/h10-13,15-19,29H,7-9,14,20-21H2,1-6H3,(H,36,40)/t29-/m1/s1. The molecule has 0 unspecified atom stereocenters. The van der Waals surface area contributed by atoms with Gasteiger partial charge in [-0.3, -0.25) is 13.9 Å². The molecule has 0 heterocycles.